The minimum Gasteiger partial charge on any atom is -0.460 e. The summed E-state index contributed by atoms with van der Waals surface area (Å²) in [6, 6.07) is 20.0. The fourth-order valence-corrected chi connectivity index (χ4v) is 9.00. The van der Waals surface area contributed by atoms with Gasteiger partial charge in [-0.05, 0) is 82.6 Å². The van der Waals surface area contributed by atoms with Crippen LogP contribution in [0.25, 0.3) is 0 Å². The molecule has 67 heavy (non-hydrogen) atoms. The maximum atomic E-state index is 14.0. The van der Waals surface area contributed by atoms with E-state index in [0.29, 0.717) is 26.4 Å². The Kier molecular flexibility index (Phi) is 24.1. The van der Waals surface area contributed by atoms with Crippen molar-refractivity contribution in [2.24, 2.45) is 46.3 Å². The molecule has 0 radical (unpaired) electrons. The summed E-state index contributed by atoms with van der Waals surface area (Å²) >= 11 is 0. The van der Waals surface area contributed by atoms with Gasteiger partial charge in [0, 0.05) is 47.3 Å². The molecule has 0 fully saturated rings. The molecular formula is C56H94O10Si. The van der Waals surface area contributed by atoms with Crippen LogP contribution in [0.2, 0.25) is 18.1 Å². The van der Waals surface area contributed by atoms with E-state index in [1.807, 2.05) is 145 Å². The molecule has 2 aromatic rings. The van der Waals surface area contributed by atoms with E-state index in [2.05, 4.69) is 52.9 Å². The molecule has 0 aliphatic heterocycles. The molecule has 0 saturated heterocycles. The molecule has 2 aromatic carbocycles. The van der Waals surface area contributed by atoms with Gasteiger partial charge in [0.2, 0.25) is 0 Å². The number of esters is 2. The number of aliphatic hydroxyl groups excluding tert-OH is 1. The predicted molar refractivity (Wildman–Crippen MR) is 274 cm³/mol. The van der Waals surface area contributed by atoms with Crippen LogP contribution < -0.4 is 0 Å². The third kappa shape index (κ3) is 21.1. The summed E-state index contributed by atoms with van der Waals surface area (Å²) in [6.07, 6.45) is -0.737. The van der Waals surface area contributed by atoms with Crippen LogP contribution in [0.3, 0.4) is 0 Å². The van der Waals surface area contributed by atoms with Gasteiger partial charge in [0.25, 0.3) is 0 Å². The first-order valence-electron chi connectivity index (χ1n) is 24.6. The zero-order valence-electron chi connectivity index (χ0n) is 45.8. The largest absolute Gasteiger partial charge is 0.460 e. The zero-order chi connectivity index (χ0) is 51.9. The minimum absolute atomic E-state index is 0.0121. The quantitative estimate of drug-likeness (QED) is 0.0800. The highest BCUT2D eigenvalue weighted by Crippen LogP contribution is 2.42. The Morgan fingerprint density at radius 1 is 0.537 bits per heavy atom. The first kappa shape index (κ1) is 61.8. The number of aliphatic hydroxyl groups is 1. The molecule has 0 bridgehead atoms. The monoisotopic (exact) mass is 955 g/mol. The van der Waals surface area contributed by atoms with Gasteiger partial charge in [0.15, 0.2) is 8.32 Å². The summed E-state index contributed by atoms with van der Waals surface area (Å²) in [6.45, 7) is 43.2. The molecule has 0 aromatic heterocycles. The van der Waals surface area contributed by atoms with Crippen LogP contribution in [0.4, 0.5) is 0 Å². The maximum Gasteiger partial charge on any atom is 0.306 e. The third-order valence-electron chi connectivity index (χ3n) is 13.7. The molecule has 1 N–H and O–H groups in total. The molecule has 0 aliphatic carbocycles. The van der Waals surface area contributed by atoms with Gasteiger partial charge in [0.1, 0.15) is 22.8 Å². The van der Waals surface area contributed by atoms with E-state index in [4.69, 9.17) is 23.4 Å². The first-order valence-corrected chi connectivity index (χ1v) is 27.5. The van der Waals surface area contributed by atoms with Crippen molar-refractivity contribution in [2.45, 2.75) is 199 Å². The summed E-state index contributed by atoms with van der Waals surface area (Å²) < 4.78 is 29.7. The van der Waals surface area contributed by atoms with Crippen molar-refractivity contribution in [3.63, 3.8) is 0 Å². The number of carbonyl (C=O) groups excluding carboxylic acids is 4. The highest BCUT2D eigenvalue weighted by molar-refractivity contribution is 6.74. The highest BCUT2D eigenvalue weighted by atomic mass is 28.4. The Morgan fingerprint density at radius 2 is 0.881 bits per heavy atom. The number of hydrogen-bond donors (Lipinski definition) is 1. The van der Waals surface area contributed by atoms with Crippen molar-refractivity contribution in [1.82, 2.24) is 0 Å². The molecule has 0 spiro atoms. The summed E-state index contributed by atoms with van der Waals surface area (Å²) in [5.74, 6) is -1.98. The third-order valence-corrected chi connectivity index (χ3v) is 18.2. The van der Waals surface area contributed by atoms with E-state index in [9.17, 15) is 24.3 Å². The van der Waals surface area contributed by atoms with Crippen molar-refractivity contribution in [3.05, 3.63) is 71.8 Å². The van der Waals surface area contributed by atoms with Crippen molar-refractivity contribution < 1.29 is 47.7 Å². The van der Waals surface area contributed by atoms with Crippen LogP contribution in [0.1, 0.15) is 156 Å². The van der Waals surface area contributed by atoms with Gasteiger partial charge >= 0.3 is 11.9 Å². The van der Waals surface area contributed by atoms with Crippen LogP contribution in [-0.4, -0.2) is 73.6 Å². The molecule has 10 nitrogen and oxygen atoms in total. The topological polar surface area (TPSA) is 135 Å². The molecule has 0 unspecified atom stereocenters. The van der Waals surface area contributed by atoms with Gasteiger partial charge in [0.05, 0.1) is 38.6 Å². The van der Waals surface area contributed by atoms with Gasteiger partial charge in [-0.25, -0.2) is 0 Å². The fourth-order valence-electron chi connectivity index (χ4n) is 7.53. The predicted octanol–water partition coefficient (Wildman–Crippen LogP) is 12.6. The molecule has 0 saturated carbocycles. The second kappa shape index (κ2) is 26.1. The normalized spacial score (nSPS) is 16.5. The molecule has 382 valence electrons. The van der Waals surface area contributed by atoms with E-state index < -0.39 is 42.4 Å². The van der Waals surface area contributed by atoms with Gasteiger partial charge in [-0.1, -0.05) is 151 Å². The molecule has 0 aliphatic rings. The molecule has 0 amide bonds. The van der Waals surface area contributed by atoms with Gasteiger partial charge in [-0.2, -0.15) is 0 Å². The van der Waals surface area contributed by atoms with Crippen molar-refractivity contribution in [1.29, 1.82) is 0 Å². The number of rotatable bonds is 24. The lowest BCUT2D eigenvalue weighted by Crippen LogP contribution is -2.51. The van der Waals surface area contributed by atoms with Crippen LogP contribution in [-0.2, 0) is 55.8 Å². The van der Waals surface area contributed by atoms with E-state index >= 15 is 0 Å². The van der Waals surface area contributed by atoms with Crippen molar-refractivity contribution >= 4 is 31.8 Å². The second-order valence-electron chi connectivity index (χ2n) is 23.9. The average molecular weight is 955 g/mol. The Labute approximate surface area is 408 Å². The molecule has 0 heterocycles. The van der Waals surface area contributed by atoms with E-state index in [1.54, 1.807) is 6.92 Å². The Hall–Kier alpha value is -3.22. The highest BCUT2D eigenvalue weighted by Gasteiger charge is 2.46. The summed E-state index contributed by atoms with van der Waals surface area (Å²) in [5.41, 5.74) is -0.380. The number of carbonyl (C=O) groups is 4. The first-order chi connectivity index (χ1) is 30.4. The molecule has 2 rings (SSSR count). The number of ether oxygens (including phenoxy) is 4. The second-order valence-corrected chi connectivity index (χ2v) is 28.7. The van der Waals surface area contributed by atoms with Gasteiger partial charge < -0.3 is 28.5 Å². The SMILES string of the molecule is C[C@@H](COCc1ccccc1)[C@@H](O[Si](C)(C)C(C)(C)C)[C@@H](C)C(=O)C(C)(C)[C@@H](C)CC(=O)OC(C)(C)C.C[C@@H](COCc1ccccc1)[C@H](O)[C@@H](C)C(=O)C(C)(C)[C@@H](C)CC(=O)OC(C)(C)C. The number of hydrogen-bond acceptors (Lipinski definition) is 10. The van der Waals surface area contributed by atoms with Gasteiger partial charge in [-0.3, -0.25) is 19.2 Å². The maximum absolute atomic E-state index is 14.0. The molecule has 8 atom stereocenters. The standard InChI is InChI=1S/C31H54O5Si.C25H40O5/c1-22(20-34-21-25-17-15-14-16-18-25)27(36-37(12,13)30(7,8)9)24(3)28(33)31(10,11)23(2)19-26(32)35-29(4,5)6;1-17(15-29-16-20-12-10-9-11-13-20)22(27)19(3)23(28)25(7,8)18(2)14-21(26)30-24(4,5)6/h14-18,22-24,27H,19-21H2,1-13H3;9-13,17-19,22,27H,14-16H2,1-8H3/t22-,23-,24+,27+;17-,18-,19+,22-/m00/s1. The van der Waals surface area contributed by atoms with Gasteiger partial charge in [-0.15, -0.1) is 0 Å². The summed E-state index contributed by atoms with van der Waals surface area (Å²) in [7, 11) is -2.16. The number of Topliss-reactive ketones (excluding diaryl/α,β-unsaturated/α-hetero) is 2. The average Bonchev–Trinajstić information content (AvgIpc) is 3.20. The van der Waals surface area contributed by atoms with E-state index in [0.717, 1.165) is 11.1 Å². The van der Waals surface area contributed by atoms with Crippen LogP contribution >= 0.6 is 0 Å². The Morgan fingerprint density at radius 3 is 1.22 bits per heavy atom. The summed E-state index contributed by atoms with van der Waals surface area (Å²) in [4.78, 5) is 51.9. The smallest absolute Gasteiger partial charge is 0.306 e. The Bertz CT molecular complexity index is 1800. The number of ketones is 2. The summed E-state index contributed by atoms with van der Waals surface area (Å²) in [5, 5.41) is 10.8. The fraction of sp³-hybridized carbons (Fsp3) is 0.714. The lowest BCUT2D eigenvalue weighted by molar-refractivity contribution is -0.159. The van der Waals surface area contributed by atoms with Crippen LogP contribution in [0.5, 0.6) is 0 Å². The van der Waals surface area contributed by atoms with Crippen molar-refractivity contribution in [3.8, 4) is 0 Å². The van der Waals surface area contributed by atoms with E-state index in [-0.39, 0.29) is 77.1 Å². The van der Waals surface area contributed by atoms with Crippen LogP contribution in [0, 0.1) is 46.3 Å². The molecular weight excluding hydrogens is 861 g/mol. The zero-order valence-corrected chi connectivity index (χ0v) is 46.8. The number of benzene rings is 2. The van der Waals surface area contributed by atoms with Crippen molar-refractivity contribution in [2.75, 3.05) is 13.2 Å². The Balaban J connectivity index is 0.000000685. The van der Waals surface area contributed by atoms with Crippen LogP contribution in [0.15, 0.2) is 60.7 Å². The minimum atomic E-state index is -2.16. The lowest BCUT2D eigenvalue weighted by Gasteiger charge is -2.44. The molecule has 11 heteroatoms. The lowest BCUT2D eigenvalue weighted by atomic mass is 9.69. The van der Waals surface area contributed by atoms with E-state index in [1.165, 1.54) is 0 Å².